The van der Waals surface area contributed by atoms with Gasteiger partial charge in [-0.3, -0.25) is 10.1 Å². The number of anilines is 1. The van der Waals surface area contributed by atoms with Gasteiger partial charge in [-0.2, -0.15) is 0 Å². The standard InChI is InChI=1S/C18H21N3O2/c1-2-15(14-8-4-3-5-9-14)16-11-7-13-20(16)18-17(21(22)23)10-6-12-19-18/h3-6,8-10,12,15-16H,2,7,11,13H2,1H3/t15-,16-/m0/s1. The third-order valence-electron chi connectivity index (χ3n) is 4.67. The van der Waals surface area contributed by atoms with Crippen molar-refractivity contribution in [2.75, 3.05) is 11.4 Å². The van der Waals surface area contributed by atoms with Crippen molar-refractivity contribution in [3.05, 3.63) is 64.3 Å². The van der Waals surface area contributed by atoms with Gasteiger partial charge in [0.1, 0.15) is 0 Å². The van der Waals surface area contributed by atoms with E-state index in [9.17, 15) is 10.1 Å². The first-order valence-corrected chi connectivity index (χ1v) is 8.13. The van der Waals surface area contributed by atoms with Crippen molar-refractivity contribution < 1.29 is 4.92 Å². The highest BCUT2D eigenvalue weighted by Gasteiger charge is 2.35. The molecule has 120 valence electrons. The van der Waals surface area contributed by atoms with Crippen LogP contribution in [0.3, 0.4) is 0 Å². The lowest BCUT2D eigenvalue weighted by Gasteiger charge is -2.32. The molecule has 0 unspecified atom stereocenters. The van der Waals surface area contributed by atoms with Crippen molar-refractivity contribution >= 4 is 11.5 Å². The molecule has 0 saturated carbocycles. The molecule has 1 saturated heterocycles. The number of rotatable bonds is 5. The van der Waals surface area contributed by atoms with E-state index >= 15 is 0 Å². The minimum atomic E-state index is -0.332. The maximum Gasteiger partial charge on any atom is 0.311 e. The lowest BCUT2D eigenvalue weighted by molar-refractivity contribution is -0.384. The maximum atomic E-state index is 11.3. The van der Waals surface area contributed by atoms with Crippen LogP contribution >= 0.6 is 0 Å². The zero-order valence-corrected chi connectivity index (χ0v) is 13.3. The first-order valence-electron chi connectivity index (χ1n) is 8.13. The number of aromatic nitrogens is 1. The zero-order valence-electron chi connectivity index (χ0n) is 13.3. The highest BCUT2D eigenvalue weighted by molar-refractivity contribution is 5.59. The smallest absolute Gasteiger partial charge is 0.311 e. The van der Waals surface area contributed by atoms with E-state index in [2.05, 4.69) is 41.1 Å². The summed E-state index contributed by atoms with van der Waals surface area (Å²) >= 11 is 0. The third kappa shape index (κ3) is 3.04. The first kappa shape index (κ1) is 15.5. The Hall–Kier alpha value is -2.43. The number of benzene rings is 1. The fourth-order valence-electron chi connectivity index (χ4n) is 3.66. The number of hydrogen-bond donors (Lipinski definition) is 0. The van der Waals surface area contributed by atoms with Gasteiger partial charge in [0, 0.05) is 30.8 Å². The van der Waals surface area contributed by atoms with E-state index < -0.39 is 0 Å². The second-order valence-corrected chi connectivity index (χ2v) is 5.93. The fourth-order valence-corrected chi connectivity index (χ4v) is 3.66. The molecule has 1 aliphatic rings. The highest BCUT2D eigenvalue weighted by Crippen LogP contribution is 2.38. The Morgan fingerprint density at radius 2 is 2.09 bits per heavy atom. The number of nitro groups is 1. The summed E-state index contributed by atoms with van der Waals surface area (Å²) in [6, 6.07) is 13.9. The Morgan fingerprint density at radius 1 is 1.30 bits per heavy atom. The molecule has 0 radical (unpaired) electrons. The van der Waals surface area contributed by atoms with Gasteiger partial charge in [0.25, 0.3) is 0 Å². The molecular weight excluding hydrogens is 290 g/mol. The quantitative estimate of drug-likeness (QED) is 0.614. The van der Waals surface area contributed by atoms with Gasteiger partial charge in [-0.25, -0.2) is 4.98 Å². The van der Waals surface area contributed by atoms with E-state index in [1.165, 1.54) is 5.56 Å². The van der Waals surface area contributed by atoms with Crippen molar-refractivity contribution in [1.82, 2.24) is 4.98 Å². The fraction of sp³-hybridized carbons (Fsp3) is 0.389. The predicted octanol–water partition coefficient (Wildman–Crippen LogP) is 4.15. The molecule has 2 aromatic rings. The molecule has 0 aliphatic carbocycles. The molecule has 3 rings (SSSR count). The Bertz CT molecular complexity index is 675. The maximum absolute atomic E-state index is 11.3. The third-order valence-corrected chi connectivity index (χ3v) is 4.67. The summed E-state index contributed by atoms with van der Waals surface area (Å²) in [4.78, 5) is 17.5. The normalized spacial score (nSPS) is 18.8. The van der Waals surface area contributed by atoms with Gasteiger partial charge < -0.3 is 4.90 Å². The van der Waals surface area contributed by atoms with Crippen LogP contribution in [0.15, 0.2) is 48.7 Å². The lowest BCUT2D eigenvalue weighted by Crippen LogP contribution is -2.35. The number of hydrogen-bond acceptors (Lipinski definition) is 4. The van der Waals surface area contributed by atoms with Crippen molar-refractivity contribution in [2.24, 2.45) is 0 Å². The van der Waals surface area contributed by atoms with E-state index in [0.717, 1.165) is 25.8 Å². The molecule has 1 aliphatic heterocycles. The van der Waals surface area contributed by atoms with Crippen molar-refractivity contribution in [1.29, 1.82) is 0 Å². The monoisotopic (exact) mass is 311 g/mol. The van der Waals surface area contributed by atoms with Gasteiger partial charge >= 0.3 is 5.69 Å². The molecule has 5 nitrogen and oxygen atoms in total. The molecule has 1 aromatic carbocycles. The average Bonchev–Trinajstić information content (AvgIpc) is 3.06. The van der Waals surface area contributed by atoms with Crippen LogP contribution in [0.2, 0.25) is 0 Å². The molecule has 0 amide bonds. The second kappa shape index (κ2) is 6.77. The summed E-state index contributed by atoms with van der Waals surface area (Å²) in [7, 11) is 0. The van der Waals surface area contributed by atoms with Crippen LogP contribution in [0, 0.1) is 10.1 Å². The van der Waals surface area contributed by atoms with Crippen LogP contribution in [0.5, 0.6) is 0 Å². The summed E-state index contributed by atoms with van der Waals surface area (Å²) in [6.45, 7) is 3.01. The Labute approximate surface area is 136 Å². The topological polar surface area (TPSA) is 59.3 Å². The van der Waals surface area contributed by atoms with Gasteiger partial charge in [-0.05, 0) is 30.9 Å². The van der Waals surface area contributed by atoms with Gasteiger partial charge in [0.15, 0.2) is 0 Å². The Balaban J connectivity index is 1.96. The van der Waals surface area contributed by atoms with Crippen LogP contribution in [-0.2, 0) is 0 Å². The van der Waals surface area contributed by atoms with E-state index in [0.29, 0.717) is 11.7 Å². The Morgan fingerprint density at radius 3 is 2.78 bits per heavy atom. The van der Waals surface area contributed by atoms with E-state index in [1.807, 2.05) is 6.07 Å². The van der Waals surface area contributed by atoms with Gasteiger partial charge in [-0.15, -0.1) is 0 Å². The lowest BCUT2D eigenvalue weighted by atomic mass is 9.87. The minimum Gasteiger partial charge on any atom is -0.347 e. The van der Waals surface area contributed by atoms with Crippen LogP contribution < -0.4 is 4.90 Å². The van der Waals surface area contributed by atoms with Crippen LogP contribution in [0.4, 0.5) is 11.5 Å². The summed E-state index contributed by atoms with van der Waals surface area (Å²) in [5.41, 5.74) is 1.40. The molecule has 2 heterocycles. The van der Waals surface area contributed by atoms with Crippen molar-refractivity contribution in [3.63, 3.8) is 0 Å². The molecule has 23 heavy (non-hydrogen) atoms. The van der Waals surface area contributed by atoms with Crippen molar-refractivity contribution in [3.8, 4) is 0 Å². The predicted molar refractivity (Wildman–Crippen MR) is 90.7 cm³/mol. The summed E-state index contributed by atoms with van der Waals surface area (Å²) in [5.74, 6) is 0.870. The highest BCUT2D eigenvalue weighted by atomic mass is 16.6. The van der Waals surface area contributed by atoms with Gasteiger partial charge in [-0.1, -0.05) is 37.3 Å². The molecule has 0 N–H and O–H groups in total. The molecule has 1 aromatic heterocycles. The summed E-state index contributed by atoms with van der Waals surface area (Å²) < 4.78 is 0. The van der Waals surface area contributed by atoms with Gasteiger partial charge in [0.05, 0.1) is 4.92 Å². The summed E-state index contributed by atoms with van der Waals surface area (Å²) in [5, 5.41) is 11.3. The number of nitrogens with zero attached hydrogens (tertiary/aromatic N) is 3. The molecule has 5 heteroatoms. The SMILES string of the molecule is CC[C@@H](c1ccccc1)[C@@H]1CCCN1c1ncccc1[N+](=O)[O-]. The van der Waals surface area contributed by atoms with E-state index in [-0.39, 0.29) is 16.7 Å². The molecule has 2 atom stereocenters. The first-order chi connectivity index (χ1) is 11.2. The van der Waals surface area contributed by atoms with Crippen molar-refractivity contribution in [2.45, 2.75) is 38.1 Å². The molecular formula is C18H21N3O2. The average molecular weight is 311 g/mol. The molecule has 0 bridgehead atoms. The second-order valence-electron chi connectivity index (χ2n) is 5.93. The van der Waals surface area contributed by atoms with E-state index in [4.69, 9.17) is 0 Å². The minimum absolute atomic E-state index is 0.0994. The zero-order chi connectivity index (χ0) is 16.2. The Kier molecular flexibility index (Phi) is 4.55. The largest absolute Gasteiger partial charge is 0.347 e. The van der Waals surface area contributed by atoms with Crippen LogP contribution in [-0.4, -0.2) is 22.5 Å². The summed E-state index contributed by atoms with van der Waals surface area (Å²) in [6.07, 6.45) is 4.73. The van der Waals surface area contributed by atoms with Crippen LogP contribution in [0.1, 0.15) is 37.7 Å². The van der Waals surface area contributed by atoms with E-state index in [1.54, 1.807) is 18.3 Å². The molecule has 0 spiro atoms. The molecule has 1 fully saturated rings. The number of pyridine rings is 1. The van der Waals surface area contributed by atoms with Gasteiger partial charge in [0.2, 0.25) is 5.82 Å². The van der Waals surface area contributed by atoms with Crippen LogP contribution in [0.25, 0.3) is 0 Å².